The molecule has 24 heavy (non-hydrogen) atoms. The van der Waals surface area contributed by atoms with Crippen LogP contribution in [0.25, 0.3) is 0 Å². The number of fused-ring (bicyclic) bond motifs is 1. The number of methoxy groups -OCH3 is 2. The van der Waals surface area contributed by atoms with Gasteiger partial charge in [0.1, 0.15) is 12.4 Å². The van der Waals surface area contributed by atoms with Crippen molar-refractivity contribution in [2.24, 2.45) is 0 Å². The Morgan fingerprint density at radius 2 is 1.75 bits per heavy atom. The van der Waals surface area contributed by atoms with Crippen LogP contribution in [0.3, 0.4) is 0 Å². The van der Waals surface area contributed by atoms with Gasteiger partial charge in [0.15, 0.2) is 11.5 Å². The van der Waals surface area contributed by atoms with Crippen LogP contribution in [-0.4, -0.2) is 27.4 Å². The molecule has 0 fully saturated rings. The highest BCUT2D eigenvalue weighted by Gasteiger charge is 2.23. The van der Waals surface area contributed by atoms with Crippen molar-refractivity contribution >= 4 is 0 Å². The van der Waals surface area contributed by atoms with E-state index >= 15 is 0 Å². The highest BCUT2D eigenvalue weighted by Crippen LogP contribution is 2.35. The Morgan fingerprint density at radius 1 is 1.04 bits per heavy atom. The van der Waals surface area contributed by atoms with E-state index in [9.17, 15) is 0 Å². The van der Waals surface area contributed by atoms with Crippen LogP contribution in [0.2, 0.25) is 0 Å². The predicted molar refractivity (Wildman–Crippen MR) is 95.3 cm³/mol. The van der Waals surface area contributed by atoms with Crippen LogP contribution in [0.15, 0.2) is 36.4 Å². The second kappa shape index (κ2) is 7.58. The predicted octanol–water partition coefficient (Wildman–Crippen LogP) is 3.53. The third kappa shape index (κ3) is 3.49. The molecule has 1 N–H and O–H groups in total. The van der Waals surface area contributed by atoms with Crippen LogP contribution in [0.4, 0.5) is 0 Å². The number of hydrogen-bond donors (Lipinski definition) is 1. The van der Waals surface area contributed by atoms with Gasteiger partial charge in [-0.05, 0) is 60.3 Å². The van der Waals surface area contributed by atoms with Crippen LogP contribution < -0.4 is 19.5 Å². The van der Waals surface area contributed by atoms with Gasteiger partial charge >= 0.3 is 0 Å². The van der Waals surface area contributed by atoms with Crippen molar-refractivity contribution in [1.29, 1.82) is 0 Å². The third-order valence-corrected chi connectivity index (χ3v) is 4.55. The molecule has 0 aromatic heterocycles. The minimum absolute atomic E-state index is 0.152. The monoisotopic (exact) mass is 327 g/mol. The topological polar surface area (TPSA) is 39.7 Å². The molecule has 0 radical (unpaired) electrons. The molecule has 0 spiro atoms. The maximum absolute atomic E-state index is 6.00. The fourth-order valence-electron chi connectivity index (χ4n) is 3.12. The lowest BCUT2D eigenvalue weighted by atomic mass is 9.94. The minimum atomic E-state index is 0.152. The molecule has 1 heterocycles. The number of rotatable bonds is 6. The maximum Gasteiger partial charge on any atom is 0.161 e. The standard InChI is InChI=1S/C20H25NO3/c1-4-14-5-7-16(8-6-14)24-13-18-17-12-20(23-3)19(22-2)11-15(17)9-10-21-18/h5-8,11-12,18,21H,4,9-10,13H2,1-3H3/t18-/m1/s1. The molecule has 4 heteroatoms. The van der Waals surface area contributed by atoms with E-state index < -0.39 is 0 Å². The van der Waals surface area contributed by atoms with Gasteiger partial charge in [-0.2, -0.15) is 0 Å². The average Bonchev–Trinajstić information content (AvgIpc) is 2.65. The Bertz CT molecular complexity index is 682. The SMILES string of the molecule is CCc1ccc(OC[C@H]2NCCc3cc(OC)c(OC)cc32)cc1. The minimum Gasteiger partial charge on any atom is -0.493 e. The molecular formula is C20H25NO3. The summed E-state index contributed by atoms with van der Waals surface area (Å²) in [5, 5.41) is 3.54. The molecule has 0 amide bonds. The van der Waals surface area contributed by atoms with Crippen molar-refractivity contribution in [1.82, 2.24) is 5.32 Å². The molecule has 0 unspecified atom stereocenters. The van der Waals surface area contributed by atoms with E-state index in [2.05, 4.69) is 36.5 Å². The number of hydrogen-bond acceptors (Lipinski definition) is 4. The molecule has 1 atom stereocenters. The molecule has 0 bridgehead atoms. The zero-order valence-corrected chi connectivity index (χ0v) is 14.6. The highest BCUT2D eigenvalue weighted by molar-refractivity contribution is 5.49. The van der Waals surface area contributed by atoms with E-state index in [-0.39, 0.29) is 6.04 Å². The van der Waals surface area contributed by atoms with Gasteiger partial charge in [-0.3, -0.25) is 0 Å². The second-order valence-electron chi connectivity index (χ2n) is 5.97. The summed E-state index contributed by atoms with van der Waals surface area (Å²) in [7, 11) is 3.34. The lowest BCUT2D eigenvalue weighted by Crippen LogP contribution is -2.33. The summed E-state index contributed by atoms with van der Waals surface area (Å²) in [6.07, 6.45) is 2.02. The summed E-state index contributed by atoms with van der Waals surface area (Å²) in [4.78, 5) is 0. The van der Waals surface area contributed by atoms with Crippen molar-refractivity contribution in [2.75, 3.05) is 27.4 Å². The van der Waals surface area contributed by atoms with Gasteiger partial charge in [-0.15, -0.1) is 0 Å². The van der Waals surface area contributed by atoms with Crippen LogP contribution in [0, 0.1) is 0 Å². The Hall–Kier alpha value is -2.20. The van der Waals surface area contributed by atoms with Gasteiger partial charge in [0, 0.05) is 0 Å². The zero-order valence-electron chi connectivity index (χ0n) is 14.6. The Morgan fingerprint density at radius 3 is 2.42 bits per heavy atom. The second-order valence-corrected chi connectivity index (χ2v) is 5.97. The van der Waals surface area contributed by atoms with Crippen molar-refractivity contribution < 1.29 is 14.2 Å². The summed E-state index contributed by atoms with van der Waals surface area (Å²) < 4.78 is 16.9. The summed E-state index contributed by atoms with van der Waals surface area (Å²) in [5.74, 6) is 2.45. The van der Waals surface area contributed by atoms with Gasteiger partial charge < -0.3 is 19.5 Å². The summed E-state index contributed by atoms with van der Waals surface area (Å²) in [6.45, 7) is 3.68. The van der Waals surface area contributed by atoms with Gasteiger partial charge in [0.25, 0.3) is 0 Å². The van der Waals surface area contributed by atoms with Crippen LogP contribution >= 0.6 is 0 Å². The average molecular weight is 327 g/mol. The van der Waals surface area contributed by atoms with E-state index in [0.29, 0.717) is 6.61 Å². The number of aryl methyl sites for hydroxylation is 1. The summed E-state index contributed by atoms with van der Waals surface area (Å²) >= 11 is 0. The Labute approximate surface area is 143 Å². The smallest absolute Gasteiger partial charge is 0.161 e. The molecule has 0 aliphatic carbocycles. The van der Waals surface area contributed by atoms with Gasteiger partial charge in [-0.25, -0.2) is 0 Å². The van der Waals surface area contributed by atoms with Gasteiger partial charge in [0.2, 0.25) is 0 Å². The van der Waals surface area contributed by atoms with Crippen molar-refractivity contribution in [2.45, 2.75) is 25.8 Å². The summed E-state index contributed by atoms with van der Waals surface area (Å²) in [6, 6.07) is 12.6. The molecule has 128 valence electrons. The maximum atomic E-state index is 6.00. The van der Waals surface area contributed by atoms with Crippen LogP contribution in [0.1, 0.15) is 29.7 Å². The Kier molecular flexibility index (Phi) is 5.26. The van der Waals surface area contributed by atoms with Crippen LogP contribution in [-0.2, 0) is 12.8 Å². The molecular weight excluding hydrogens is 302 g/mol. The molecule has 2 aromatic carbocycles. The highest BCUT2D eigenvalue weighted by atomic mass is 16.5. The van der Waals surface area contributed by atoms with Crippen LogP contribution in [0.5, 0.6) is 17.2 Å². The van der Waals surface area contributed by atoms with Gasteiger partial charge in [0.05, 0.1) is 20.3 Å². The number of ether oxygens (including phenoxy) is 3. The first-order valence-corrected chi connectivity index (χ1v) is 8.45. The quantitative estimate of drug-likeness (QED) is 0.881. The fourth-order valence-corrected chi connectivity index (χ4v) is 3.12. The van der Waals surface area contributed by atoms with Gasteiger partial charge in [-0.1, -0.05) is 19.1 Å². The molecule has 4 nitrogen and oxygen atoms in total. The van der Waals surface area contributed by atoms with E-state index in [1.807, 2.05) is 12.1 Å². The molecule has 1 aliphatic heterocycles. The summed E-state index contributed by atoms with van der Waals surface area (Å²) in [5.41, 5.74) is 3.84. The fraction of sp³-hybridized carbons (Fsp3) is 0.400. The first-order chi connectivity index (χ1) is 11.7. The lowest BCUT2D eigenvalue weighted by Gasteiger charge is -2.28. The largest absolute Gasteiger partial charge is 0.493 e. The number of benzene rings is 2. The van der Waals surface area contributed by atoms with E-state index in [0.717, 1.165) is 36.6 Å². The first kappa shape index (κ1) is 16.7. The lowest BCUT2D eigenvalue weighted by molar-refractivity contribution is 0.260. The normalized spacial score (nSPS) is 16.4. The first-order valence-electron chi connectivity index (χ1n) is 8.45. The molecule has 0 saturated carbocycles. The van der Waals surface area contributed by atoms with E-state index in [1.54, 1.807) is 14.2 Å². The zero-order chi connectivity index (χ0) is 16.9. The molecule has 1 aliphatic rings. The molecule has 0 saturated heterocycles. The number of nitrogens with one attached hydrogen (secondary N) is 1. The van der Waals surface area contributed by atoms with Crippen molar-refractivity contribution in [3.63, 3.8) is 0 Å². The Balaban J connectivity index is 1.76. The third-order valence-electron chi connectivity index (χ3n) is 4.55. The van der Waals surface area contributed by atoms with E-state index in [1.165, 1.54) is 16.7 Å². The molecule has 3 rings (SSSR count). The van der Waals surface area contributed by atoms with E-state index in [4.69, 9.17) is 14.2 Å². The van der Waals surface area contributed by atoms with Crippen molar-refractivity contribution in [3.05, 3.63) is 53.1 Å². The van der Waals surface area contributed by atoms with Crippen molar-refractivity contribution in [3.8, 4) is 17.2 Å². The molecule has 2 aromatic rings.